The molecule has 0 bridgehead atoms. The maximum atomic E-state index is 14.1. The number of fused-ring (bicyclic) bond motifs is 14. The van der Waals surface area contributed by atoms with Crippen LogP contribution in [0.2, 0.25) is 0 Å². The van der Waals surface area contributed by atoms with Gasteiger partial charge in [0.15, 0.2) is 0 Å². The van der Waals surface area contributed by atoms with Gasteiger partial charge < -0.3 is 4.48 Å². The van der Waals surface area contributed by atoms with Crippen LogP contribution < -0.4 is 0 Å². The van der Waals surface area contributed by atoms with Crippen LogP contribution in [-0.4, -0.2) is 4.48 Å². The molecule has 316 valence electrons. The molecule has 1 spiro atoms. The molecule has 0 saturated heterocycles. The fraction of sp³-hybridized carbons (Fsp3) is 0.103. The predicted octanol–water partition coefficient (Wildman–Crippen LogP) is 16.5. The maximum Gasteiger partial charge on any atom is 0.416 e. The summed E-state index contributed by atoms with van der Waals surface area (Å²) in [6, 6.07) is 57.5. The molecule has 0 amide bonds. The molecule has 12 rings (SSSR count). The molecular weight excluding hydrogens is 825 g/mol. The summed E-state index contributed by atoms with van der Waals surface area (Å²) in [7, 11) is 0. The van der Waals surface area contributed by atoms with Crippen LogP contribution >= 0.6 is 0 Å². The first-order valence-corrected chi connectivity index (χ1v) is 21.7. The van der Waals surface area contributed by atoms with Crippen LogP contribution in [0, 0.1) is 0 Å². The summed E-state index contributed by atoms with van der Waals surface area (Å²) >= 11 is 0. The van der Waals surface area contributed by atoms with Gasteiger partial charge in [0.2, 0.25) is 0 Å². The second-order valence-electron chi connectivity index (χ2n) is 17.8. The number of nitrogens with zero attached hydrogens (tertiary/aromatic N) is 1. The van der Waals surface area contributed by atoms with E-state index in [1.54, 1.807) is 24.3 Å². The van der Waals surface area contributed by atoms with Crippen molar-refractivity contribution in [3.63, 3.8) is 0 Å². The van der Waals surface area contributed by atoms with Gasteiger partial charge >= 0.3 is 12.4 Å². The monoisotopic (exact) mass is 862 g/mol. The molecule has 0 atom stereocenters. The Labute approximate surface area is 371 Å². The summed E-state index contributed by atoms with van der Waals surface area (Å²) in [6.07, 6.45) is -9.00. The molecule has 0 radical (unpaired) electrons. The largest absolute Gasteiger partial charge is 0.416 e. The molecule has 0 aliphatic carbocycles. The molecule has 1 nitrogen and oxygen atoms in total. The van der Waals surface area contributed by atoms with E-state index in [1.165, 1.54) is 46.5 Å². The highest BCUT2D eigenvalue weighted by molar-refractivity contribution is 6.12. The van der Waals surface area contributed by atoms with Crippen LogP contribution in [0.15, 0.2) is 182 Å². The number of benzene rings is 10. The first-order valence-electron chi connectivity index (χ1n) is 21.7. The Morgan fingerprint density at radius 3 is 1.03 bits per heavy atom. The topological polar surface area (TPSA) is 0 Å². The molecule has 10 aromatic carbocycles. The molecule has 65 heavy (non-hydrogen) atoms. The number of alkyl halides is 6. The van der Waals surface area contributed by atoms with E-state index in [0.29, 0.717) is 41.8 Å². The minimum absolute atomic E-state index is 0.509. The normalized spacial score (nSPS) is 14.5. The second-order valence-corrected chi connectivity index (χ2v) is 17.8. The Hall–Kier alpha value is -7.22. The number of hydrogen-bond donors (Lipinski definition) is 0. The van der Waals surface area contributed by atoms with E-state index < -0.39 is 23.5 Å². The van der Waals surface area contributed by atoms with E-state index in [4.69, 9.17) is 0 Å². The van der Waals surface area contributed by atoms with Gasteiger partial charge in [0.25, 0.3) is 0 Å². The third kappa shape index (κ3) is 6.43. The third-order valence-corrected chi connectivity index (χ3v) is 13.9. The molecule has 0 fully saturated rings. The van der Waals surface area contributed by atoms with Crippen molar-refractivity contribution >= 4 is 43.1 Å². The highest BCUT2D eigenvalue weighted by atomic mass is 19.4. The van der Waals surface area contributed by atoms with E-state index in [0.717, 1.165) is 76.5 Å². The molecule has 2 aliphatic heterocycles. The quantitative estimate of drug-likeness (QED) is 0.120. The summed E-state index contributed by atoms with van der Waals surface area (Å²) < 4.78 is 85.0. The van der Waals surface area contributed by atoms with Gasteiger partial charge in [-0.2, -0.15) is 26.3 Å². The zero-order chi connectivity index (χ0) is 44.2. The van der Waals surface area contributed by atoms with Crippen LogP contribution in [0.3, 0.4) is 0 Å². The Morgan fingerprint density at radius 2 is 0.662 bits per heavy atom. The van der Waals surface area contributed by atoms with Crippen molar-refractivity contribution in [2.75, 3.05) is 0 Å². The van der Waals surface area contributed by atoms with E-state index in [1.807, 2.05) is 24.3 Å². The zero-order valence-electron chi connectivity index (χ0n) is 34.9. The molecule has 2 heterocycles. The minimum atomic E-state index is -4.50. The van der Waals surface area contributed by atoms with Crippen LogP contribution in [0.5, 0.6) is 0 Å². The SMILES string of the molecule is FC(F)(F)c1ccc(-c2cc3ccccc3c3c2C[N+]2(Cc4ccc5ccccc5c4-c4c(ccc5ccccc45)C2)Cc2c(-c4ccc(C(F)(F)F)cc4)cc4ccccc4c2-3)cc1. The standard InChI is InChI=1S/C58H38F6N/c59-57(60,61)43-25-21-37(22-26-43)49-29-39-11-3-7-15-47(39)55-51(49)33-65(34-52-50(30-40-12-4-8-16-48(40)56(52)55)38-23-27-44(28-24-38)58(62,63)64)31-41-19-17-35-9-1-5-13-45(35)53(41)54-42(32-65)20-18-36-10-2-6-14-46(36)54/h1-30H,31-34H2/q+1. The van der Waals surface area contributed by atoms with Crippen LogP contribution in [-0.2, 0) is 38.5 Å². The molecule has 10 aromatic rings. The van der Waals surface area contributed by atoms with E-state index >= 15 is 0 Å². The smallest absolute Gasteiger partial charge is 0.309 e. The lowest BCUT2D eigenvalue weighted by Gasteiger charge is -2.39. The number of quaternary nitrogens is 1. The lowest BCUT2D eigenvalue weighted by atomic mass is 9.82. The van der Waals surface area contributed by atoms with Crippen LogP contribution in [0.25, 0.3) is 87.6 Å². The van der Waals surface area contributed by atoms with Crippen molar-refractivity contribution in [1.82, 2.24) is 0 Å². The molecule has 0 aromatic heterocycles. The Bertz CT molecular complexity index is 3330. The predicted molar refractivity (Wildman–Crippen MR) is 250 cm³/mol. The number of halogens is 6. The first-order chi connectivity index (χ1) is 31.4. The third-order valence-electron chi connectivity index (χ3n) is 13.9. The second kappa shape index (κ2) is 14.4. The number of rotatable bonds is 2. The van der Waals surface area contributed by atoms with Gasteiger partial charge in [0, 0.05) is 33.4 Å². The van der Waals surface area contributed by atoms with Crippen molar-refractivity contribution in [3.8, 4) is 44.5 Å². The minimum Gasteiger partial charge on any atom is -0.309 e. The van der Waals surface area contributed by atoms with Crippen molar-refractivity contribution < 1.29 is 30.8 Å². The van der Waals surface area contributed by atoms with Gasteiger partial charge in [0.1, 0.15) is 26.2 Å². The van der Waals surface area contributed by atoms with Crippen molar-refractivity contribution in [2.24, 2.45) is 0 Å². The summed E-state index contributed by atoms with van der Waals surface area (Å²) in [5.74, 6) is 0. The Balaban J connectivity index is 1.22. The fourth-order valence-corrected chi connectivity index (χ4v) is 11.1. The van der Waals surface area contributed by atoms with Crippen LogP contribution in [0.4, 0.5) is 26.3 Å². The Morgan fingerprint density at radius 1 is 0.323 bits per heavy atom. The van der Waals surface area contributed by atoms with Crippen LogP contribution in [0.1, 0.15) is 33.4 Å². The zero-order valence-corrected chi connectivity index (χ0v) is 34.9. The average Bonchev–Trinajstić information content (AvgIpc) is 3.55. The molecular formula is C58H38F6N+. The lowest BCUT2D eigenvalue weighted by molar-refractivity contribution is -0.977. The fourth-order valence-electron chi connectivity index (χ4n) is 11.1. The van der Waals surface area contributed by atoms with Gasteiger partial charge in [-0.15, -0.1) is 0 Å². The molecule has 7 heteroatoms. The summed E-state index contributed by atoms with van der Waals surface area (Å²) in [5.41, 5.74) is 10.4. The van der Waals surface area contributed by atoms with Gasteiger partial charge in [-0.1, -0.05) is 146 Å². The Kier molecular flexibility index (Phi) is 8.72. The molecule has 0 saturated carbocycles. The highest BCUT2D eigenvalue weighted by Crippen LogP contribution is 2.53. The van der Waals surface area contributed by atoms with Crippen molar-refractivity contribution in [3.05, 3.63) is 215 Å². The highest BCUT2D eigenvalue weighted by Gasteiger charge is 2.42. The summed E-state index contributed by atoms with van der Waals surface area (Å²) in [4.78, 5) is 0. The summed E-state index contributed by atoms with van der Waals surface area (Å²) in [5, 5.41) is 8.47. The van der Waals surface area contributed by atoms with Gasteiger partial charge in [-0.25, -0.2) is 0 Å². The maximum absolute atomic E-state index is 14.1. The first kappa shape index (κ1) is 39.4. The van der Waals surface area contributed by atoms with Gasteiger partial charge in [0.05, 0.1) is 11.1 Å². The van der Waals surface area contributed by atoms with E-state index in [9.17, 15) is 26.3 Å². The van der Waals surface area contributed by atoms with Gasteiger partial charge in [-0.3, -0.25) is 0 Å². The van der Waals surface area contributed by atoms with E-state index in [2.05, 4.69) is 109 Å². The molecule has 0 N–H and O–H groups in total. The lowest BCUT2D eigenvalue weighted by Crippen LogP contribution is -2.44. The molecule has 0 unspecified atom stereocenters. The summed E-state index contributed by atoms with van der Waals surface area (Å²) in [6.45, 7) is 2.26. The van der Waals surface area contributed by atoms with E-state index in [-0.39, 0.29) is 0 Å². The average molecular weight is 863 g/mol. The van der Waals surface area contributed by atoms with Gasteiger partial charge in [-0.05, 0) is 113 Å². The van der Waals surface area contributed by atoms with Crippen molar-refractivity contribution in [2.45, 2.75) is 38.5 Å². The number of hydrogen-bond acceptors (Lipinski definition) is 0. The van der Waals surface area contributed by atoms with Crippen molar-refractivity contribution in [1.29, 1.82) is 0 Å². The molecule has 2 aliphatic rings.